The predicted octanol–water partition coefficient (Wildman–Crippen LogP) is 4.72. The zero-order chi connectivity index (χ0) is 23.1. The Morgan fingerprint density at radius 2 is 1.88 bits per heavy atom. The molecule has 2 aromatic carbocycles. The quantitative estimate of drug-likeness (QED) is 0.619. The fraction of sp³-hybridized carbons (Fsp3) is 0.481. The number of hydrogen-bond donors (Lipinski definition) is 1. The van der Waals surface area contributed by atoms with Crippen molar-refractivity contribution in [3.8, 4) is 5.75 Å². The summed E-state index contributed by atoms with van der Waals surface area (Å²) in [6.45, 7) is 6.41. The van der Waals surface area contributed by atoms with Gasteiger partial charge < -0.3 is 15.0 Å². The fourth-order valence-corrected chi connectivity index (χ4v) is 4.51. The van der Waals surface area contributed by atoms with E-state index in [0.717, 1.165) is 53.7 Å². The number of benzene rings is 2. The third-order valence-corrected chi connectivity index (χ3v) is 6.42. The molecule has 5 heteroatoms. The second-order valence-corrected chi connectivity index (χ2v) is 8.89. The highest BCUT2D eigenvalue weighted by Crippen LogP contribution is 2.21. The van der Waals surface area contributed by atoms with E-state index >= 15 is 0 Å². The number of nitrogens with zero attached hydrogens (tertiary/aromatic N) is 1. The number of carbonyl (C=O) groups excluding carboxylic acids is 2. The standard InChI is InChI=1S/C27H36N2O3/c1-5-25(27(31)28-23-10-6-7-11-23)29(18-21-9-8-12-24(16-21)32-4)26(30)17-22-15-19(2)13-14-20(22)3/h8-9,12-16,23,25H,5-7,10-11,17-18H2,1-4H3,(H,28,31). The highest BCUT2D eigenvalue weighted by atomic mass is 16.5. The lowest BCUT2D eigenvalue weighted by Gasteiger charge is -2.32. The second kappa shape index (κ2) is 11.2. The first-order valence-corrected chi connectivity index (χ1v) is 11.7. The molecule has 0 saturated heterocycles. The van der Waals surface area contributed by atoms with Gasteiger partial charge in [0.15, 0.2) is 0 Å². The molecule has 0 aromatic heterocycles. The van der Waals surface area contributed by atoms with Crippen molar-refractivity contribution in [2.45, 2.75) is 77.9 Å². The lowest BCUT2D eigenvalue weighted by atomic mass is 10.0. The normalized spacial score (nSPS) is 14.8. The summed E-state index contributed by atoms with van der Waals surface area (Å²) in [6.07, 6.45) is 5.20. The maximum Gasteiger partial charge on any atom is 0.243 e. The number of amides is 2. The Hall–Kier alpha value is -2.82. The van der Waals surface area contributed by atoms with Gasteiger partial charge in [0, 0.05) is 12.6 Å². The molecule has 1 aliphatic carbocycles. The van der Waals surface area contributed by atoms with Gasteiger partial charge in [-0.25, -0.2) is 0 Å². The third kappa shape index (κ3) is 6.12. The summed E-state index contributed by atoms with van der Waals surface area (Å²) in [4.78, 5) is 28.6. The molecule has 1 saturated carbocycles. The molecule has 0 aliphatic heterocycles. The SMILES string of the molecule is CCC(C(=O)NC1CCCC1)N(Cc1cccc(OC)c1)C(=O)Cc1cc(C)ccc1C. The molecule has 1 unspecified atom stereocenters. The van der Waals surface area contributed by atoms with Crippen LogP contribution in [0, 0.1) is 13.8 Å². The minimum absolute atomic E-state index is 0.0325. The van der Waals surface area contributed by atoms with Gasteiger partial charge in [0.1, 0.15) is 11.8 Å². The number of ether oxygens (including phenoxy) is 1. The van der Waals surface area contributed by atoms with Crippen molar-refractivity contribution >= 4 is 11.8 Å². The van der Waals surface area contributed by atoms with E-state index in [1.807, 2.05) is 45.0 Å². The Morgan fingerprint density at radius 3 is 2.56 bits per heavy atom. The van der Waals surface area contributed by atoms with E-state index in [2.05, 4.69) is 23.5 Å². The smallest absolute Gasteiger partial charge is 0.243 e. The average molecular weight is 437 g/mol. The highest BCUT2D eigenvalue weighted by Gasteiger charge is 2.30. The molecule has 1 atom stereocenters. The van der Waals surface area contributed by atoms with Crippen LogP contribution in [0.5, 0.6) is 5.75 Å². The number of hydrogen-bond acceptors (Lipinski definition) is 3. The van der Waals surface area contributed by atoms with Crippen LogP contribution in [0.2, 0.25) is 0 Å². The summed E-state index contributed by atoms with van der Waals surface area (Å²) >= 11 is 0. The zero-order valence-electron chi connectivity index (χ0n) is 19.8. The van der Waals surface area contributed by atoms with E-state index < -0.39 is 6.04 Å². The van der Waals surface area contributed by atoms with Crippen LogP contribution in [0.15, 0.2) is 42.5 Å². The van der Waals surface area contributed by atoms with E-state index in [9.17, 15) is 9.59 Å². The number of rotatable bonds is 9. The first-order chi connectivity index (χ1) is 15.4. The summed E-state index contributed by atoms with van der Waals surface area (Å²) < 4.78 is 5.36. The van der Waals surface area contributed by atoms with Crippen LogP contribution < -0.4 is 10.1 Å². The van der Waals surface area contributed by atoms with Gasteiger partial charge in [-0.05, 0) is 61.9 Å². The minimum Gasteiger partial charge on any atom is -0.497 e. The van der Waals surface area contributed by atoms with Gasteiger partial charge in [-0.2, -0.15) is 0 Å². The summed E-state index contributed by atoms with van der Waals surface area (Å²) in [5.74, 6) is 0.666. The molecule has 2 amide bonds. The molecule has 32 heavy (non-hydrogen) atoms. The summed E-state index contributed by atoms with van der Waals surface area (Å²) in [7, 11) is 1.63. The van der Waals surface area contributed by atoms with Crippen molar-refractivity contribution in [3.63, 3.8) is 0 Å². The lowest BCUT2D eigenvalue weighted by molar-refractivity contribution is -0.141. The van der Waals surface area contributed by atoms with Crippen LogP contribution in [-0.4, -0.2) is 35.9 Å². The van der Waals surface area contributed by atoms with Crippen LogP contribution in [0.4, 0.5) is 0 Å². The van der Waals surface area contributed by atoms with Gasteiger partial charge in [-0.1, -0.05) is 55.7 Å². The molecule has 3 rings (SSSR count). The van der Waals surface area contributed by atoms with Crippen molar-refractivity contribution in [2.75, 3.05) is 7.11 Å². The van der Waals surface area contributed by atoms with Gasteiger partial charge >= 0.3 is 0 Å². The zero-order valence-corrected chi connectivity index (χ0v) is 19.8. The van der Waals surface area contributed by atoms with Crippen molar-refractivity contribution in [1.29, 1.82) is 0 Å². The predicted molar refractivity (Wildman–Crippen MR) is 128 cm³/mol. The molecule has 0 bridgehead atoms. The van der Waals surface area contributed by atoms with Crippen molar-refractivity contribution in [1.82, 2.24) is 10.2 Å². The van der Waals surface area contributed by atoms with Crippen LogP contribution in [0.1, 0.15) is 61.3 Å². The first kappa shape index (κ1) is 23.8. The molecule has 172 valence electrons. The third-order valence-electron chi connectivity index (χ3n) is 6.42. The molecule has 0 heterocycles. The molecule has 1 aliphatic rings. The van der Waals surface area contributed by atoms with Gasteiger partial charge in [0.05, 0.1) is 13.5 Å². The van der Waals surface area contributed by atoms with Gasteiger partial charge in [0.25, 0.3) is 0 Å². The maximum absolute atomic E-state index is 13.6. The van der Waals surface area contributed by atoms with Crippen LogP contribution in [-0.2, 0) is 22.6 Å². The number of methoxy groups -OCH3 is 1. The average Bonchev–Trinajstić information content (AvgIpc) is 3.29. The van der Waals surface area contributed by atoms with Gasteiger partial charge in [0.2, 0.25) is 11.8 Å². The van der Waals surface area contributed by atoms with Crippen molar-refractivity contribution in [2.24, 2.45) is 0 Å². The molecule has 5 nitrogen and oxygen atoms in total. The minimum atomic E-state index is -0.501. The monoisotopic (exact) mass is 436 g/mol. The largest absolute Gasteiger partial charge is 0.497 e. The Kier molecular flexibility index (Phi) is 8.32. The summed E-state index contributed by atoms with van der Waals surface area (Å²) in [5, 5.41) is 3.20. The Labute approximate surface area is 192 Å². The van der Waals surface area contributed by atoms with Crippen LogP contribution in [0.25, 0.3) is 0 Å². The van der Waals surface area contributed by atoms with E-state index in [4.69, 9.17) is 4.74 Å². The lowest BCUT2D eigenvalue weighted by Crippen LogP contribution is -2.51. The Bertz CT molecular complexity index is 934. The maximum atomic E-state index is 13.6. The van der Waals surface area contributed by atoms with Gasteiger partial charge in [-0.15, -0.1) is 0 Å². The molecule has 2 aromatic rings. The van der Waals surface area contributed by atoms with Crippen LogP contribution >= 0.6 is 0 Å². The summed E-state index contributed by atoms with van der Waals surface area (Å²) in [6, 6.07) is 13.6. The van der Waals surface area contributed by atoms with E-state index in [1.165, 1.54) is 0 Å². The van der Waals surface area contributed by atoms with Crippen molar-refractivity contribution < 1.29 is 14.3 Å². The molecule has 1 fully saturated rings. The number of nitrogens with one attached hydrogen (secondary N) is 1. The fourth-order valence-electron chi connectivity index (χ4n) is 4.51. The number of carbonyl (C=O) groups is 2. The highest BCUT2D eigenvalue weighted by molar-refractivity contribution is 5.88. The topological polar surface area (TPSA) is 58.6 Å². The molecule has 0 radical (unpaired) electrons. The molecular formula is C27H36N2O3. The van der Waals surface area contributed by atoms with Crippen molar-refractivity contribution in [3.05, 3.63) is 64.7 Å². The number of aryl methyl sites for hydroxylation is 2. The van der Waals surface area contributed by atoms with Crippen LogP contribution in [0.3, 0.4) is 0 Å². The molecule has 1 N–H and O–H groups in total. The summed E-state index contributed by atoms with van der Waals surface area (Å²) in [5.41, 5.74) is 4.18. The molecular weight excluding hydrogens is 400 g/mol. The first-order valence-electron chi connectivity index (χ1n) is 11.7. The van der Waals surface area contributed by atoms with E-state index in [1.54, 1.807) is 12.0 Å². The van der Waals surface area contributed by atoms with E-state index in [-0.39, 0.29) is 24.3 Å². The van der Waals surface area contributed by atoms with E-state index in [0.29, 0.717) is 13.0 Å². The molecule has 0 spiro atoms. The van der Waals surface area contributed by atoms with Gasteiger partial charge in [-0.3, -0.25) is 9.59 Å². The second-order valence-electron chi connectivity index (χ2n) is 8.89. The Morgan fingerprint density at radius 1 is 1.12 bits per heavy atom. The Balaban J connectivity index is 1.86.